The molecule has 1 aromatic carbocycles. The zero-order valence-corrected chi connectivity index (χ0v) is 12.5. The quantitative estimate of drug-likeness (QED) is 0.925. The molecule has 0 aromatic heterocycles. The molecule has 2 N–H and O–H groups in total. The molecule has 1 fully saturated rings. The molecule has 1 aromatic rings. The highest BCUT2D eigenvalue weighted by atomic mass is 35.5. The number of halogens is 1. The molecule has 0 aliphatic carbocycles. The molecule has 1 saturated heterocycles. The van der Waals surface area contributed by atoms with E-state index in [0.717, 1.165) is 25.1 Å². The summed E-state index contributed by atoms with van der Waals surface area (Å²) in [6.45, 7) is 6.49. The van der Waals surface area contributed by atoms with Gasteiger partial charge in [0.2, 0.25) is 5.91 Å². The molecule has 0 radical (unpaired) electrons. The van der Waals surface area contributed by atoms with E-state index in [2.05, 4.69) is 13.8 Å². The number of benzene rings is 1. The van der Waals surface area contributed by atoms with Crippen LogP contribution in [0.3, 0.4) is 0 Å². The van der Waals surface area contributed by atoms with Gasteiger partial charge in [0.05, 0.1) is 5.92 Å². The Morgan fingerprint density at radius 3 is 2.47 bits per heavy atom. The number of nitrogens with two attached hydrogens (primary N) is 1. The average Bonchev–Trinajstić information content (AvgIpc) is 2.72. The van der Waals surface area contributed by atoms with E-state index in [0.29, 0.717) is 6.54 Å². The van der Waals surface area contributed by atoms with E-state index < -0.39 is 0 Å². The minimum absolute atomic E-state index is 0. The van der Waals surface area contributed by atoms with Crippen molar-refractivity contribution < 1.29 is 4.79 Å². The standard InChI is InChI=1S/C15H22N2O.ClH/c1-15(2)8-9-17(11-15)14(18)13(10-16)12-6-4-3-5-7-12;/h3-7,13H,8-11,16H2,1-2H3;1H. The van der Waals surface area contributed by atoms with Gasteiger partial charge >= 0.3 is 0 Å². The van der Waals surface area contributed by atoms with E-state index in [1.165, 1.54) is 0 Å². The molecule has 19 heavy (non-hydrogen) atoms. The summed E-state index contributed by atoms with van der Waals surface area (Å²) in [6, 6.07) is 9.84. The van der Waals surface area contributed by atoms with Gasteiger partial charge in [-0.25, -0.2) is 0 Å². The molecule has 4 heteroatoms. The van der Waals surface area contributed by atoms with Crippen molar-refractivity contribution in [1.82, 2.24) is 4.90 Å². The Bertz CT molecular complexity index is 419. The van der Waals surface area contributed by atoms with Gasteiger partial charge in [-0.2, -0.15) is 0 Å². The van der Waals surface area contributed by atoms with Crippen LogP contribution in [0.1, 0.15) is 31.7 Å². The Balaban J connectivity index is 0.00000180. The molecule has 3 nitrogen and oxygen atoms in total. The molecule has 1 amide bonds. The first-order valence-electron chi connectivity index (χ1n) is 6.57. The highest BCUT2D eigenvalue weighted by molar-refractivity contribution is 5.85. The van der Waals surface area contributed by atoms with Crippen molar-refractivity contribution in [3.63, 3.8) is 0 Å². The molecule has 0 spiro atoms. The number of carbonyl (C=O) groups is 1. The van der Waals surface area contributed by atoms with Crippen LogP contribution in [-0.2, 0) is 4.79 Å². The lowest BCUT2D eigenvalue weighted by molar-refractivity contribution is -0.131. The highest BCUT2D eigenvalue weighted by Gasteiger charge is 2.34. The third-order valence-corrected chi connectivity index (χ3v) is 3.72. The van der Waals surface area contributed by atoms with Crippen LogP contribution in [0.2, 0.25) is 0 Å². The van der Waals surface area contributed by atoms with E-state index >= 15 is 0 Å². The van der Waals surface area contributed by atoms with Crippen molar-refractivity contribution in [2.45, 2.75) is 26.2 Å². The Hall–Kier alpha value is -1.06. The van der Waals surface area contributed by atoms with Gasteiger partial charge in [0.15, 0.2) is 0 Å². The molecule has 1 aliphatic rings. The number of amides is 1. The maximum absolute atomic E-state index is 12.5. The lowest BCUT2D eigenvalue weighted by atomic mass is 9.93. The van der Waals surface area contributed by atoms with Gasteiger partial charge < -0.3 is 10.6 Å². The second-order valence-corrected chi connectivity index (χ2v) is 5.87. The maximum Gasteiger partial charge on any atom is 0.231 e. The SMILES string of the molecule is CC1(C)CCN(C(=O)C(CN)c2ccccc2)C1.Cl. The van der Waals surface area contributed by atoms with Crippen LogP contribution in [0.5, 0.6) is 0 Å². The Morgan fingerprint density at radius 2 is 2.00 bits per heavy atom. The van der Waals surface area contributed by atoms with Crippen LogP contribution in [0.15, 0.2) is 30.3 Å². The zero-order valence-electron chi connectivity index (χ0n) is 11.6. The van der Waals surface area contributed by atoms with Crippen LogP contribution in [0, 0.1) is 5.41 Å². The largest absolute Gasteiger partial charge is 0.342 e. The minimum atomic E-state index is -0.194. The van der Waals surface area contributed by atoms with Crippen LogP contribution in [0.25, 0.3) is 0 Å². The first kappa shape index (κ1) is 16.0. The van der Waals surface area contributed by atoms with Gasteiger partial charge in [-0.15, -0.1) is 12.4 Å². The van der Waals surface area contributed by atoms with Crippen molar-refractivity contribution in [2.75, 3.05) is 19.6 Å². The second kappa shape index (κ2) is 6.40. The van der Waals surface area contributed by atoms with Crippen LogP contribution >= 0.6 is 12.4 Å². The number of nitrogens with zero attached hydrogens (tertiary/aromatic N) is 1. The molecular weight excluding hydrogens is 260 g/mol. The van der Waals surface area contributed by atoms with Gasteiger partial charge in [-0.1, -0.05) is 44.2 Å². The van der Waals surface area contributed by atoms with E-state index in [1.807, 2.05) is 35.2 Å². The summed E-state index contributed by atoms with van der Waals surface area (Å²) in [4.78, 5) is 14.5. The highest BCUT2D eigenvalue weighted by Crippen LogP contribution is 2.31. The van der Waals surface area contributed by atoms with E-state index in [4.69, 9.17) is 5.73 Å². The first-order valence-corrected chi connectivity index (χ1v) is 6.57. The van der Waals surface area contributed by atoms with Crippen molar-refractivity contribution in [1.29, 1.82) is 0 Å². The maximum atomic E-state index is 12.5. The van der Waals surface area contributed by atoms with Gasteiger partial charge in [-0.05, 0) is 17.4 Å². The summed E-state index contributed by atoms with van der Waals surface area (Å²) in [5.41, 5.74) is 7.06. The fraction of sp³-hybridized carbons (Fsp3) is 0.533. The minimum Gasteiger partial charge on any atom is -0.342 e. The third-order valence-electron chi connectivity index (χ3n) is 3.72. The van der Waals surface area contributed by atoms with Crippen molar-refractivity contribution in [3.05, 3.63) is 35.9 Å². The topological polar surface area (TPSA) is 46.3 Å². The fourth-order valence-corrected chi connectivity index (χ4v) is 2.59. The van der Waals surface area contributed by atoms with E-state index in [9.17, 15) is 4.79 Å². The molecule has 1 atom stereocenters. The molecular formula is C15H23ClN2O. The van der Waals surface area contributed by atoms with Crippen LogP contribution in [-0.4, -0.2) is 30.4 Å². The predicted molar refractivity (Wildman–Crippen MR) is 80.5 cm³/mol. The van der Waals surface area contributed by atoms with Crippen molar-refractivity contribution >= 4 is 18.3 Å². The van der Waals surface area contributed by atoms with Gasteiger partial charge in [0, 0.05) is 19.6 Å². The number of carbonyl (C=O) groups excluding carboxylic acids is 1. The zero-order chi connectivity index (χ0) is 13.2. The number of rotatable bonds is 3. The van der Waals surface area contributed by atoms with E-state index in [-0.39, 0.29) is 29.6 Å². The Kier molecular flexibility index (Phi) is 5.39. The van der Waals surface area contributed by atoms with Crippen LogP contribution in [0.4, 0.5) is 0 Å². The first-order chi connectivity index (χ1) is 8.53. The summed E-state index contributed by atoms with van der Waals surface area (Å²) < 4.78 is 0. The smallest absolute Gasteiger partial charge is 0.231 e. The van der Waals surface area contributed by atoms with Gasteiger partial charge in [0.1, 0.15) is 0 Å². The normalized spacial score (nSPS) is 18.8. The Morgan fingerprint density at radius 1 is 1.37 bits per heavy atom. The molecule has 1 aliphatic heterocycles. The van der Waals surface area contributed by atoms with Crippen molar-refractivity contribution in [3.8, 4) is 0 Å². The number of hydrogen-bond donors (Lipinski definition) is 1. The monoisotopic (exact) mass is 282 g/mol. The molecule has 1 heterocycles. The molecule has 1 unspecified atom stereocenters. The summed E-state index contributed by atoms with van der Waals surface area (Å²) in [5.74, 6) is -0.0191. The summed E-state index contributed by atoms with van der Waals surface area (Å²) in [6.07, 6.45) is 1.07. The fourth-order valence-electron chi connectivity index (χ4n) is 2.59. The number of hydrogen-bond acceptors (Lipinski definition) is 2. The third kappa shape index (κ3) is 3.71. The second-order valence-electron chi connectivity index (χ2n) is 5.87. The lowest BCUT2D eigenvalue weighted by Crippen LogP contribution is -2.37. The van der Waals surface area contributed by atoms with Crippen molar-refractivity contribution in [2.24, 2.45) is 11.1 Å². The predicted octanol–water partition coefficient (Wildman–Crippen LogP) is 2.41. The molecule has 106 valence electrons. The summed E-state index contributed by atoms with van der Waals surface area (Å²) in [5, 5.41) is 0. The molecule has 2 rings (SSSR count). The lowest BCUT2D eigenvalue weighted by Gasteiger charge is -2.24. The van der Waals surface area contributed by atoms with Gasteiger partial charge in [0.25, 0.3) is 0 Å². The Labute approximate surface area is 121 Å². The molecule has 0 saturated carbocycles. The van der Waals surface area contributed by atoms with Gasteiger partial charge in [-0.3, -0.25) is 4.79 Å². The van der Waals surface area contributed by atoms with E-state index in [1.54, 1.807) is 0 Å². The average molecular weight is 283 g/mol. The van der Waals surface area contributed by atoms with Crippen LogP contribution < -0.4 is 5.73 Å². The number of likely N-dealkylation sites (tertiary alicyclic amines) is 1. The summed E-state index contributed by atoms with van der Waals surface area (Å²) in [7, 11) is 0. The molecule has 0 bridgehead atoms. The summed E-state index contributed by atoms with van der Waals surface area (Å²) >= 11 is 0.